The van der Waals surface area contributed by atoms with Crippen molar-refractivity contribution in [3.8, 4) is 0 Å². The molecule has 0 radical (unpaired) electrons. The maximum atomic E-state index is 2.60. The molecule has 4 aliphatic rings. The lowest BCUT2D eigenvalue weighted by Gasteiger charge is -2.37. The van der Waals surface area contributed by atoms with Crippen molar-refractivity contribution in [3.63, 3.8) is 0 Å². The van der Waals surface area contributed by atoms with Gasteiger partial charge in [-0.2, -0.15) is 0 Å². The fraction of sp³-hybridized carbons (Fsp3) is 0.238. The first-order valence-electron chi connectivity index (χ1n) is 24.8. The van der Waals surface area contributed by atoms with Crippen molar-refractivity contribution in [3.05, 3.63) is 210 Å². The molecule has 7 aromatic carbocycles. The molecular formula is C63H57N3. The van der Waals surface area contributed by atoms with E-state index in [1.807, 2.05) is 0 Å². The number of fused-ring (bicyclic) bond motifs is 8. The summed E-state index contributed by atoms with van der Waals surface area (Å²) in [5.41, 5.74) is 16.7. The predicted octanol–water partition coefficient (Wildman–Crippen LogP) is 17.6. The van der Waals surface area contributed by atoms with Crippen molar-refractivity contribution in [2.45, 2.75) is 89.4 Å². The number of benzene rings is 7. The van der Waals surface area contributed by atoms with Crippen LogP contribution in [0.4, 0.5) is 28.4 Å². The van der Waals surface area contributed by atoms with Gasteiger partial charge in [0.15, 0.2) is 0 Å². The van der Waals surface area contributed by atoms with E-state index in [4.69, 9.17) is 0 Å². The maximum Gasteiger partial charge on any atom is 0.0617 e. The molecule has 2 heterocycles. The van der Waals surface area contributed by atoms with Gasteiger partial charge in [0.05, 0.1) is 16.7 Å². The average Bonchev–Trinajstić information content (AvgIpc) is 3.87. The number of rotatable bonds is 8. The van der Waals surface area contributed by atoms with Gasteiger partial charge in [0, 0.05) is 55.7 Å². The van der Waals surface area contributed by atoms with Gasteiger partial charge < -0.3 is 14.2 Å². The zero-order valence-electron chi connectivity index (χ0n) is 38.1. The molecule has 0 N–H and O–H groups in total. The highest BCUT2D eigenvalue weighted by molar-refractivity contribution is 6.19. The van der Waals surface area contributed by atoms with Crippen LogP contribution in [0.15, 0.2) is 187 Å². The fourth-order valence-electron chi connectivity index (χ4n) is 12.5. The maximum absolute atomic E-state index is 2.60. The number of hydrogen-bond donors (Lipinski definition) is 0. The van der Waals surface area contributed by atoms with E-state index in [0.717, 1.165) is 6.42 Å². The number of nitrogens with zero attached hydrogens (tertiary/aromatic N) is 3. The second-order valence-corrected chi connectivity index (χ2v) is 20.1. The van der Waals surface area contributed by atoms with E-state index in [1.54, 1.807) is 0 Å². The van der Waals surface area contributed by atoms with Crippen molar-refractivity contribution >= 4 is 72.5 Å². The molecule has 4 aliphatic carbocycles. The van der Waals surface area contributed by atoms with Gasteiger partial charge in [0.2, 0.25) is 0 Å². The highest BCUT2D eigenvalue weighted by Crippen LogP contribution is 2.50. The minimum Gasteiger partial charge on any atom is -0.311 e. The molecule has 0 aliphatic heterocycles. The first-order chi connectivity index (χ1) is 32.6. The van der Waals surface area contributed by atoms with Crippen LogP contribution in [-0.4, -0.2) is 4.40 Å². The van der Waals surface area contributed by atoms with Crippen LogP contribution in [-0.2, 0) is 6.42 Å². The van der Waals surface area contributed by atoms with Crippen LogP contribution >= 0.6 is 0 Å². The Morgan fingerprint density at radius 2 is 1.06 bits per heavy atom. The Balaban J connectivity index is 0.924. The standard InChI is InChI=1S/C63H57N3/c1-63-36-35-55(65(51-21-12-5-13-22-51)53-32-27-46(28-33-53)44-17-8-3-9-18-44)40-49(63)41-61-59(42-63)57-24-14-23-56-58-38-47-29-34-54(37-48(47)39-60(58)66(61)62(56)57)64(50-19-10-4-11-20-50)52-30-25-45(26-31-52)43-15-6-2-7-16-43/h4-5,10-14,19-41,43-44H,2-3,6-9,15-18,42H2,1H3. The summed E-state index contributed by atoms with van der Waals surface area (Å²) in [5, 5.41) is 6.53. The lowest BCUT2D eigenvalue weighted by atomic mass is 9.70. The largest absolute Gasteiger partial charge is 0.311 e. The topological polar surface area (TPSA) is 10.9 Å². The van der Waals surface area contributed by atoms with Gasteiger partial charge >= 0.3 is 0 Å². The smallest absolute Gasteiger partial charge is 0.0617 e. The zero-order valence-corrected chi connectivity index (χ0v) is 38.1. The summed E-state index contributed by atoms with van der Waals surface area (Å²) in [5.74, 6) is 1.37. The van der Waals surface area contributed by atoms with Crippen molar-refractivity contribution in [1.82, 2.24) is 4.40 Å². The Kier molecular flexibility index (Phi) is 9.55. The van der Waals surface area contributed by atoms with Crippen LogP contribution in [0.1, 0.15) is 105 Å². The zero-order chi connectivity index (χ0) is 43.8. The Hall–Kier alpha value is -6.84. The van der Waals surface area contributed by atoms with Crippen molar-refractivity contribution in [2.75, 3.05) is 9.80 Å². The molecule has 2 aromatic heterocycles. The summed E-state index contributed by atoms with van der Waals surface area (Å²) in [6.07, 6.45) is 24.2. The number of anilines is 5. The first kappa shape index (κ1) is 39.5. The third-order valence-electron chi connectivity index (χ3n) is 16.0. The lowest BCUT2D eigenvalue weighted by Crippen LogP contribution is -2.27. The summed E-state index contributed by atoms with van der Waals surface area (Å²) in [6.45, 7) is 2.43. The molecular weight excluding hydrogens is 799 g/mol. The van der Waals surface area contributed by atoms with E-state index in [-0.39, 0.29) is 5.41 Å². The van der Waals surface area contributed by atoms with E-state index >= 15 is 0 Å². The molecule has 324 valence electrons. The second-order valence-electron chi connectivity index (χ2n) is 20.1. The van der Waals surface area contributed by atoms with Gasteiger partial charge in [0.1, 0.15) is 0 Å². The molecule has 13 rings (SSSR count). The van der Waals surface area contributed by atoms with Crippen LogP contribution in [0.2, 0.25) is 0 Å². The number of para-hydroxylation sites is 3. The molecule has 1 atom stereocenters. The highest BCUT2D eigenvalue weighted by atomic mass is 15.2. The Labute approximate surface area is 389 Å². The third kappa shape index (κ3) is 6.61. The molecule has 0 spiro atoms. The Morgan fingerprint density at radius 1 is 0.485 bits per heavy atom. The Bertz CT molecular complexity index is 3340. The van der Waals surface area contributed by atoms with Crippen LogP contribution < -0.4 is 9.80 Å². The molecule has 0 bridgehead atoms. The monoisotopic (exact) mass is 855 g/mol. The molecule has 2 saturated carbocycles. The summed E-state index contributed by atoms with van der Waals surface area (Å²) in [6, 6.07) is 59.7. The molecule has 0 saturated heterocycles. The second kappa shape index (κ2) is 15.9. The minimum atomic E-state index is -0.116. The van der Waals surface area contributed by atoms with Crippen LogP contribution in [0, 0.1) is 5.41 Å². The normalized spacial score (nSPS) is 19.0. The summed E-state index contributed by atoms with van der Waals surface area (Å²) in [4.78, 5) is 4.88. The molecule has 0 amide bonds. The third-order valence-corrected chi connectivity index (χ3v) is 16.0. The lowest BCUT2D eigenvalue weighted by molar-refractivity contribution is 0.443. The van der Waals surface area contributed by atoms with Crippen LogP contribution in [0.25, 0.3) is 44.0 Å². The van der Waals surface area contributed by atoms with Gasteiger partial charge in [-0.25, -0.2) is 0 Å². The van der Waals surface area contributed by atoms with Gasteiger partial charge in [-0.3, -0.25) is 0 Å². The molecule has 3 nitrogen and oxygen atoms in total. The van der Waals surface area contributed by atoms with E-state index in [1.165, 1.54) is 164 Å². The van der Waals surface area contributed by atoms with E-state index < -0.39 is 0 Å². The number of hydrogen-bond acceptors (Lipinski definition) is 2. The van der Waals surface area contributed by atoms with Gasteiger partial charge in [-0.15, -0.1) is 0 Å². The van der Waals surface area contributed by atoms with Gasteiger partial charge in [-0.05, 0) is 168 Å². The molecule has 66 heavy (non-hydrogen) atoms. The predicted molar refractivity (Wildman–Crippen MR) is 279 cm³/mol. The first-order valence-corrected chi connectivity index (χ1v) is 24.8. The fourth-order valence-corrected chi connectivity index (χ4v) is 12.5. The van der Waals surface area contributed by atoms with Crippen molar-refractivity contribution in [1.29, 1.82) is 0 Å². The Morgan fingerprint density at radius 3 is 1.71 bits per heavy atom. The highest BCUT2D eigenvalue weighted by Gasteiger charge is 2.36. The molecule has 9 aromatic rings. The van der Waals surface area contributed by atoms with E-state index in [9.17, 15) is 0 Å². The summed E-state index contributed by atoms with van der Waals surface area (Å²) >= 11 is 0. The SMILES string of the molecule is CC12C=CC(N(c3ccccc3)c3ccc(C4CCCCC4)cc3)=CC1=Cc1c(c3cccc4c5cc6ccc(N(c7ccccc7)c7ccc(C8CCCCC8)cc7)cc6cc5n1c34)C2. The van der Waals surface area contributed by atoms with Crippen LogP contribution in [0.3, 0.4) is 0 Å². The van der Waals surface area contributed by atoms with Crippen molar-refractivity contribution < 1.29 is 0 Å². The summed E-state index contributed by atoms with van der Waals surface area (Å²) < 4.78 is 2.60. The molecule has 2 fully saturated rings. The summed E-state index contributed by atoms with van der Waals surface area (Å²) in [7, 11) is 0. The quantitative estimate of drug-likeness (QED) is 0.151. The number of allylic oxidation sites excluding steroid dienone is 4. The van der Waals surface area contributed by atoms with E-state index in [2.05, 4.69) is 203 Å². The number of aromatic nitrogens is 1. The molecule has 3 heteroatoms. The minimum absolute atomic E-state index is 0.116. The van der Waals surface area contributed by atoms with Crippen molar-refractivity contribution in [2.24, 2.45) is 5.41 Å². The average molecular weight is 856 g/mol. The van der Waals surface area contributed by atoms with Gasteiger partial charge in [0.25, 0.3) is 0 Å². The molecule has 1 unspecified atom stereocenters. The van der Waals surface area contributed by atoms with E-state index in [0.29, 0.717) is 11.8 Å². The van der Waals surface area contributed by atoms with Gasteiger partial charge in [-0.1, -0.05) is 136 Å². The van der Waals surface area contributed by atoms with Crippen LogP contribution in [0.5, 0.6) is 0 Å².